The number of methoxy groups -OCH3 is 1. The van der Waals surface area contributed by atoms with Gasteiger partial charge in [0.15, 0.2) is 0 Å². The Balaban J connectivity index is 2.67. The van der Waals surface area contributed by atoms with Crippen LogP contribution in [0.3, 0.4) is 0 Å². The van der Waals surface area contributed by atoms with Gasteiger partial charge in [-0.3, -0.25) is 4.79 Å². The summed E-state index contributed by atoms with van der Waals surface area (Å²) in [5.41, 5.74) is -0.0386. The highest BCUT2D eigenvalue weighted by Crippen LogP contribution is 2.22. The molecule has 0 unspecified atom stereocenters. The van der Waals surface area contributed by atoms with E-state index in [0.717, 1.165) is 30.7 Å². The van der Waals surface area contributed by atoms with Crippen molar-refractivity contribution in [2.75, 3.05) is 12.4 Å². The van der Waals surface area contributed by atoms with Crippen molar-refractivity contribution in [2.45, 2.75) is 65.1 Å². The number of amides is 1. The van der Waals surface area contributed by atoms with E-state index >= 15 is 0 Å². The van der Waals surface area contributed by atoms with Crippen LogP contribution in [-0.4, -0.2) is 24.7 Å². The van der Waals surface area contributed by atoms with E-state index in [1.54, 1.807) is 7.11 Å². The topological polar surface area (TPSA) is 47.6 Å². The van der Waals surface area contributed by atoms with Gasteiger partial charge in [-0.1, -0.05) is 26.7 Å². The maximum Gasteiger partial charge on any atom is 0.256 e. The Morgan fingerprint density at radius 3 is 2.41 bits per heavy atom. The number of carbonyl (C=O) groups excluding carboxylic acids is 1. The summed E-state index contributed by atoms with van der Waals surface area (Å²) in [5, 5.41) is 2.92. The van der Waals surface area contributed by atoms with Gasteiger partial charge in [0, 0.05) is 12.8 Å². The van der Waals surface area contributed by atoms with Crippen LogP contribution >= 0.6 is 0 Å². The zero-order valence-electron chi connectivity index (χ0n) is 14.4. The average molecular weight is 307 g/mol. The Morgan fingerprint density at radius 1 is 1.27 bits per heavy atom. The van der Waals surface area contributed by atoms with E-state index in [2.05, 4.69) is 19.2 Å². The van der Waals surface area contributed by atoms with Crippen LogP contribution in [-0.2, 0) is 9.53 Å². The molecule has 0 saturated heterocycles. The summed E-state index contributed by atoms with van der Waals surface area (Å²) in [5.74, 6) is 0.701. The number of hydrogen-bond acceptors (Lipinski definition) is 3. The highest BCUT2D eigenvalue weighted by molar-refractivity contribution is 5.97. The molecule has 1 amide bonds. The molecule has 0 aliphatic carbocycles. The normalized spacial score (nSPS) is 15.0. The smallest absolute Gasteiger partial charge is 0.256 e. The van der Waals surface area contributed by atoms with Crippen LogP contribution in [0.1, 0.15) is 53.4 Å². The lowest BCUT2D eigenvalue weighted by molar-refractivity contribution is -0.136. The van der Waals surface area contributed by atoms with Crippen LogP contribution in [0.15, 0.2) is 24.3 Å². The number of hydrogen-bond donors (Lipinski definition) is 1. The highest BCUT2D eigenvalue weighted by atomic mass is 16.5. The zero-order chi connectivity index (χ0) is 16.6. The molecular weight excluding hydrogens is 278 g/mol. The van der Waals surface area contributed by atoms with Crippen molar-refractivity contribution in [3.05, 3.63) is 24.3 Å². The van der Waals surface area contributed by atoms with Gasteiger partial charge in [-0.25, -0.2) is 0 Å². The van der Waals surface area contributed by atoms with Gasteiger partial charge in [-0.2, -0.15) is 0 Å². The van der Waals surface area contributed by atoms with Gasteiger partial charge in [0.05, 0.1) is 6.10 Å². The molecule has 0 aromatic heterocycles. The van der Waals surface area contributed by atoms with Crippen molar-refractivity contribution in [3.63, 3.8) is 0 Å². The first-order chi connectivity index (χ1) is 10.4. The van der Waals surface area contributed by atoms with Gasteiger partial charge in [0.2, 0.25) is 0 Å². The van der Waals surface area contributed by atoms with Gasteiger partial charge >= 0.3 is 0 Å². The average Bonchev–Trinajstić information content (AvgIpc) is 2.54. The molecule has 0 aliphatic rings. The quantitative estimate of drug-likeness (QED) is 0.735. The maximum atomic E-state index is 12.4. The molecule has 0 aliphatic heterocycles. The van der Waals surface area contributed by atoms with E-state index < -0.39 is 5.60 Å². The number of anilines is 1. The number of nitrogens with one attached hydrogen (secondary N) is 1. The fourth-order valence-corrected chi connectivity index (χ4v) is 2.02. The van der Waals surface area contributed by atoms with E-state index in [1.165, 1.54) is 0 Å². The Morgan fingerprint density at radius 2 is 1.91 bits per heavy atom. The van der Waals surface area contributed by atoms with E-state index in [0.29, 0.717) is 6.42 Å². The SMILES string of the molecule is CCCC[C@@](C)(OC)C(=O)Nc1ccc(O[C@H](C)CC)cc1. The van der Waals surface area contributed by atoms with Crippen LogP contribution in [0.5, 0.6) is 5.75 Å². The Hall–Kier alpha value is -1.55. The third kappa shape index (κ3) is 5.34. The number of ether oxygens (including phenoxy) is 2. The molecular formula is C18H29NO3. The van der Waals surface area contributed by atoms with Crippen molar-refractivity contribution in [3.8, 4) is 5.75 Å². The third-order valence-electron chi connectivity index (χ3n) is 3.96. The van der Waals surface area contributed by atoms with E-state index in [1.807, 2.05) is 38.1 Å². The summed E-state index contributed by atoms with van der Waals surface area (Å²) in [4.78, 5) is 12.4. The Bertz CT molecular complexity index is 458. The molecule has 0 fully saturated rings. The molecule has 0 spiro atoms. The van der Waals surface area contributed by atoms with Crippen molar-refractivity contribution >= 4 is 11.6 Å². The lowest BCUT2D eigenvalue weighted by Gasteiger charge is -2.26. The van der Waals surface area contributed by atoms with Gasteiger partial charge in [0.25, 0.3) is 5.91 Å². The first kappa shape index (κ1) is 18.5. The number of benzene rings is 1. The minimum atomic E-state index is -0.790. The predicted octanol–water partition coefficient (Wildman–Crippen LogP) is 4.40. The second kappa shape index (κ2) is 8.79. The predicted molar refractivity (Wildman–Crippen MR) is 90.4 cm³/mol. The molecule has 0 bridgehead atoms. The summed E-state index contributed by atoms with van der Waals surface area (Å²) in [7, 11) is 1.58. The molecule has 22 heavy (non-hydrogen) atoms. The molecule has 1 rings (SSSR count). The second-order valence-corrected chi connectivity index (χ2v) is 5.85. The molecule has 2 atom stereocenters. The zero-order valence-corrected chi connectivity index (χ0v) is 14.4. The van der Waals surface area contributed by atoms with Crippen LogP contribution in [0, 0.1) is 0 Å². The van der Waals surface area contributed by atoms with Gasteiger partial charge in [-0.15, -0.1) is 0 Å². The molecule has 0 saturated carbocycles. The van der Waals surface area contributed by atoms with Crippen molar-refractivity contribution in [1.29, 1.82) is 0 Å². The lowest BCUT2D eigenvalue weighted by Crippen LogP contribution is -2.41. The second-order valence-electron chi connectivity index (χ2n) is 5.85. The van der Waals surface area contributed by atoms with Crippen molar-refractivity contribution in [2.24, 2.45) is 0 Å². The molecule has 1 aromatic carbocycles. The van der Waals surface area contributed by atoms with E-state index in [4.69, 9.17) is 9.47 Å². The molecule has 0 heterocycles. The van der Waals surface area contributed by atoms with Crippen LogP contribution in [0.25, 0.3) is 0 Å². The molecule has 4 nitrogen and oxygen atoms in total. The third-order valence-corrected chi connectivity index (χ3v) is 3.96. The lowest BCUT2D eigenvalue weighted by atomic mass is 9.97. The Labute approximate surface area is 134 Å². The minimum Gasteiger partial charge on any atom is -0.491 e. The van der Waals surface area contributed by atoms with Crippen LogP contribution in [0.2, 0.25) is 0 Å². The number of unbranched alkanes of at least 4 members (excludes halogenated alkanes) is 1. The van der Waals surface area contributed by atoms with Crippen molar-refractivity contribution < 1.29 is 14.3 Å². The number of rotatable bonds is 9. The summed E-state index contributed by atoms with van der Waals surface area (Å²) in [6.07, 6.45) is 3.85. The highest BCUT2D eigenvalue weighted by Gasteiger charge is 2.32. The summed E-state index contributed by atoms with van der Waals surface area (Å²) < 4.78 is 11.2. The largest absolute Gasteiger partial charge is 0.491 e. The van der Waals surface area contributed by atoms with Gasteiger partial charge in [-0.05, 0) is 51.0 Å². The molecule has 1 aromatic rings. The van der Waals surface area contributed by atoms with Crippen LogP contribution in [0.4, 0.5) is 5.69 Å². The first-order valence-electron chi connectivity index (χ1n) is 8.08. The molecule has 1 N–H and O–H groups in total. The minimum absolute atomic E-state index is 0.112. The summed E-state index contributed by atoms with van der Waals surface area (Å²) >= 11 is 0. The maximum absolute atomic E-state index is 12.4. The molecule has 0 radical (unpaired) electrons. The van der Waals surface area contributed by atoms with Gasteiger partial charge in [0.1, 0.15) is 11.4 Å². The summed E-state index contributed by atoms with van der Waals surface area (Å²) in [6, 6.07) is 7.45. The summed E-state index contributed by atoms with van der Waals surface area (Å²) in [6.45, 7) is 8.05. The fraction of sp³-hybridized carbons (Fsp3) is 0.611. The van der Waals surface area contributed by atoms with Gasteiger partial charge < -0.3 is 14.8 Å². The standard InChI is InChI=1S/C18H29NO3/c1-6-8-13-18(4,21-5)17(20)19-15-9-11-16(12-10-15)22-14(3)7-2/h9-12,14H,6-8,13H2,1-5H3,(H,19,20)/t14-,18-/m1/s1. The molecule has 124 valence electrons. The number of carbonyl (C=O) groups is 1. The van der Waals surface area contributed by atoms with Crippen LogP contribution < -0.4 is 10.1 Å². The first-order valence-corrected chi connectivity index (χ1v) is 8.08. The Kier molecular flexibility index (Phi) is 7.39. The van der Waals surface area contributed by atoms with E-state index in [9.17, 15) is 4.79 Å². The fourth-order valence-electron chi connectivity index (χ4n) is 2.02. The van der Waals surface area contributed by atoms with Crippen molar-refractivity contribution in [1.82, 2.24) is 0 Å². The van der Waals surface area contributed by atoms with E-state index in [-0.39, 0.29) is 12.0 Å². The molecule has 4 heteroatoms. The monoisotopic (exact) mass is 307 g/mol.